The summed E-state index contributed by atoms with van der Waals surface area (Å²) in [6.45, 7) is 0.687. The molecule has 24 heavy (non-hydrogen) atoms. The fourth-order valence-corrected chi connectivity index (χ4v) is 2.51. The quantitative estimate of drug-likeness (QED) is 0.707. The number of benzene rings is 1. The van der Waals surface area contributed by atoms with Crippen molar-refractivity contribution in [3.05, 3.63) is 36.2 Å². The Morgan fingerprint density at radius 3 is 2.58 bits per heavy atom. The minimum Gasteiger partial charge on any atom is -0.493 e. The zero-order valence-electron chi connectivity index (χ0n) is 13.8. The molecule has 2 heterocycles. The molecule has 0 fully saturated rings. The first-order valence-corrected chi connectivity index (χ1v) is 7.45. The van der Waals surface area contributed by atoms with Crippen molar-refractivity contribution in [2.45, 2.75) is 6.42 Å². The average Bonchev–Trinajstić information content (AvgIpc) is 3.08. The molecule has 8 nitrogen and oxygen atoms in total. The number of methoxy groups -OCH3 is 3. The molecule has 0 spiro atoms. The van der Waals surface area contributed by atoms with E-state index in [2.05, 4.69) is 20.6 Å². The van der Waals surface area contributed by atoms with E-state index >= 15 is 0 Å². The first-order valence-electron chi connectivity index (χ1n) is 7.45. The lowest BCUT2D eigenvalue weighted by molar-refractivity contribution is 0.322. The van der Waals surface area contributed by atoms with Crippen molar-refractivity contribution in [2.24, 2.45) is 0 Å². The Hall–Kier alpha value is -3.03. The van der Waals surface area contributed by atoms with Crippen LogP contribution in [0.15, 0.2) is 30.6 Å². The molecule has 1 N–H and O–H groups in total. The van der Waals surface area contributed by atoms with Crippen LogP contribution in [0.1, 0.15) is 5.56 Å². The van der Waals surface area contributed by atoms with E-state index in [9.17, 15) is 0 Å². The molecule has 0 saturated heterocycles. The molecule has 0 aliphatic heterocycles. The Morgan fingerprint density at radius 2 is 1.83 bits per heavy atom. The van der Waals surface area contributed by atoms with Crippen LogP contribution in [-0.2, 0) is 6.42 Å². The Kier molecular flexibility index (Phi) is 4.64. The molecule has 0 aliphatic carbocycles. The van der Waals surface area contributed by atoms with Crippen LogP contribution in [0.4, 0.5) is 5.82 Å². The van der Waals surface area contributed by atoms with E-state index in [4.69, 9.17) is 14.2 Å². The van der Waals surface area contributed by atoms with Gasteiger partial charge in [-0.3, -0.25) is 0 Å². The molecular formula is C16H19N5O3. The van der Waals surface area contributed by atoms with E-state index in [1.165, 1.54) is 0 Å². The number of aromatic nitrogens is 4. The lowest BCUT2D eigenvalue weighted by Crippen LogP contribution is -2.09. The highest BCUT2D eigenvalue weighted by Gasteiger charge is 2.15. The number of hydrogen-bond donors (Lipinski definition) is 1. The summed E-state index contributed by atoms with van der Waals surface area (Å²) in [7, 11) is 4.82. The van der Waals surface area contributed by atoms with Gasteiger partial charge in [-0.25, -0.2) is 0 Å². The first-order chi connectivity index (χ1) is 11.8. The molecular weight excluding hydrogens is 310 g/mol. The lowest BCUT2D eigenvalue weighted by atomic mass is 10.1. The maximum atomic E-state index is 5.49. The topological polar surface area (TPSA) is 82.8 Å². The van der Waals surface area contributed by atoms with E-state index in [-0.39, 0.29) is 0 Å². The van der Waals surface area contributed by atoms with Gasteiger partial charge >= 0.3 is 0 Å². The normalized spacial score (nSPS) is 10.6. The van der Waals surface area contributed by atoms with E-state index in [1.807, 2.05) is 24.3 Å². The van der Waals surface area contributed by atoms with Gasteiger partial charge in [0, 0.05) is 12.1 Å². The van der Waals surface area contributed by atoms with Crippen LogP contribution in [0.3, 0.4) is 0 Å². The second-order valence-corrected chi connectivity index (χ2v) is 5.02. The summed E-state index contributed by atoms with van der Waals surface area (Å²) in [6, 6.07) is 7.58. The summed E-state index contributed by atoms with van der Waals surface area (Å²) in [5.41, 5.74) is 1.73. The molecule has 0 unspecified atom stereocenters. The van der Waals surface area contributed by atoms with Crippen molar-refractivity contribution in [1.29, 1.82) is 0 Å². The van der Waals surface area contributed by atoms with Crippen LogP contribution in [0.2, 0.25) is 0 Å². The van der Waals surface area contributed by atoms with Crippen LogP contribution in [0, 0.1) is 0 Å². The zero-order valence-corrected chi connectivity index (χ0v) is 13.8. The smallest absolute Gasteiger partial charge is 0.203 e. The standard InChI is InChI=1S/C16H19N5O3/c1-22-12-5-4-11(15(23-2)16(12)24-3)8-9-17-13-6-7-14-19-18-10-21(14)20-13/h4-7,10H,8-9H2,1-3H3,(H,17,20). The molecule has 0 atom stereocenters. The number of nitrogens with one attached hydrogen (secondary N) is 1. The average molecular weight is 329 g/mol. The van der Waals surface area contributed by atoms with E-state index in [0.717, 1.165) is 17.8 Å². The van der Waals surface area contributed by atoms with Crippen LogP contribution in [0.5, 0.6) is 17.2 Å². The van der Waals surface area contributed by atoms with E-state index in [0.29, 0.717) is 29.4 Å². The highest BCUT2D eigenvalue weighted by atomic mass is 16.5. The number of nitrogens with zero attached hydrogens (tertiary/aromatic N) is 4. The lowest BCUT2D eigenvalue weighted by Gasteiger charge is -2.16. The van der Waals surface area contributed by atoms with Crippen LogP contribution in [-0.4, -0.2) is 47.7 Å². The van der Waals surface area contributed by atoms with Gasteiger partial charge in [-0.2, -0.15) is 4.52 Å². The van der Waals surface area contributed by atoms with Gasteiger partial charge in [0.2, 0.25) is 5.75 Å². The summed E-state index contributed by atoms with van der Waals surface area (Å²) in [5.74, 6) is 2.68. The van der Waals surface area contributed by atoms with Crippen molar-refractivity contribution in [2.75, 3.05) is 33.2 Å². The number of rotatable bonds is 7. The van der Waals surface area contributed by atoms with Crippen LogP contribution < -0.4 is 19.5 Å². The van der Waals surface area contributed by atoms with Gasteiger partial charge in [0.15, 0.2) is 17.1 Å². The number of hydrogen-bond acceptors (Lipinski definition) is 7. The summed E-state index contributed by atoms with van der Waals surface area (Å²) < 4.78 is 17.8. The monoisotopic (exact) mass is 329 g/mol. The molecule has 8 heteroatoms. The van der Waals surface area contributed by atoms with Gasteiger partial charge < -0.3 is 19.5 Å². The van der Waals surface area contributed by atoms with Crippen molar-refractivity contribution < 1.29 is 14.2 Å². The third kappa shape index (κ3) is 3.03. The summed E-state index contributed by atoms with van der Waals surface area (Å²) in [4.78, 5) is 0. The first kappa shape index (κ1) is 15.9. The summed E-state index contributed by atoms with van der Waals surface area (Å²) in [6.07, 6.45) is 2.31. The second kappa shape index (κ2) is 7.03. The molecule has 0 amide bonds. The van der Waals surface area contributed by atoms with E-state index < -0.39 is 0 Å². The minimum atomic E-state index is 0.599. The molecule has 0 saturated carbocycles. The van der Waals surface area contributed by atoms with Crippen molar-refractivity contribution >= 4 is 11.5 Å². The van der Waals surface area contributed by atoms with Gasteiger partial charge in [-0.05, 0) is 24.6 Å². The molecule has 3 aromatic rings. The van der Waals surface area contributed by atoms with Gasteiger partial charge in [0.1, 0.15) is 12.1 Å². The number of anilines is 1. The summed E-state index contributed by atoms with van der Waals surface area (Å²) in [5, 5.41) is 15.4. The van der Waals surface area contributed by atoms with Gasteiger partial charge in [-0.15, -0.1) is 15.3 Å². The Bertz CT molecular complexity index is 834. The van der Waals surface area contributed by atoms with Gasteiger partial charge in [0.05, 0.1) is 21.3 Å². The summed E-state index contributed by atoms with van der Waals surface area (Å²) >= 11 is 0. The molecule has 126 valence electrons. The molecule has 2 aromatic heterocycles. The van der Waals surface area contributed by atoms with Crippen molar-refractivity contribution in [3.8, 4) is 17.2 Å². The van der Waals surface area contributed by atoms with Crippen LogP contribution in [0.25, 0.3) is 5.65 Å². The third-order valence-corrected chi connectivity index (χ3v) is 3.65. The highest BCUT2D eigenvalue weighted by Crippen LogP contribution is 2.39. The Balaban J connectivity index is 1.71. The third-order valence-electron chi connectivity index (χ3n) is 3.65. The predicted octanol–water partition coefficient (Wildman–Crippen LogP) is 1.80. The van der Waals surface area contributed by atoms with Crippen LogP contribution >= 0.6 is 0 Å². The van der Waals surface area contributed by atoms with Gasteiger partial charge in [0.25, 0.3) is 0 Å². The molecule has 0 bridgehead atoms. The minimum absolute atomic E-state index is 0.599. The Labute approximate surface area is 139 Å². The highest BCUT2D eigenvalue weighted by molar-refractivity contribution is 5.56. The predicted molar refractivity (Wildman–Crippen MR) is 89.1 cm³/mol. The fraction of sp³-hybridized carbons (Fsp3) is 0.312. The molecule has 0 aliphatic rings. The maximum Gasteiger partial charge on any atom is 0.203 e. The van der Waals surface area contributed by atoms with Crippen molar-refractivity contribution in [3.63, 3.8) is 0 Å². The van der Waals surface area contributed by atoms with Gasteiger partial charge in [-0.1, -0.05) is 6.07 Å². The van der Waals surface area contributed by atoms with Crippen molar-refractivity contribution in [1.82, 2.24) is 19.8 Å². The molecule has 1 aromatic carbocycles. The zero-order chi connectivity index (χ0) is 16.9. The Morgan fingerprint density at radius 1 is 1.00 bits per heavy atom. The molecule has 3 rings (SSSR count). The SMILES string of the molecule is COc1ccc(CCNc2ccc3nncn3n2)c(OC)c1OC. The van der Waals surface area contributed by atoms with E-state index in [1.54, 1.807) is 32.2 Å². The largest absolute Gasteiger partial charge is 0.493 e. The molecule has 0 radical (unpaired) electrons. The fourth-order valence-electron chi connectivity index (χ4n) is 2.51. The number of ether oxygens (including phenoxy) is 3. The maximum absolute atomic E-state index is 5.49. The second-order valence-electron chi connectivity index (χ2n) is 5.02. The number of fused-ring (bicyclic) bond motifs is 1.